The lowest BCUT2D eigenvalue weighted by Crippen LogP contribution is -2.51. The van der Waals surface area contributed by atoms with E-state index in [4.69, 9.17) is 9.72 Å². The topological polar surface area (TPSA) is 93.8 Å². The number of aromatic nitrogens is 2. The van der Waals surface area contributed by atoms with Crippen molar-refractivity contribution in [1.29, 1.82) is 0 Å². The van der Waals surface area contributed by atoms with Gasteiger partial charge in [0.05, 0.1) is 30.2 Å². The van der Waals surface area contributed by atoms with Crippen LogP contribution < -0.4 is 15.1 Å². The Hall–Kier alpha value is -4.74. The van der Waals surface area contributed by atoms with Crippen molar-refractivity contribution in [3.63, 3.8) is 0 Å². The lowest BCUT2D eigenvalue weighted by molar-refractivity contribution is -0.135. The van der Waals surface area contributed by atoms with Crippen LogP contribution in [0.2, 0.25) is 0 Å². The molecular weight excluding hydrogens is 657 g/mol. The first-order valence-corrected chi connectivity index (χ1v) is 18.0. The van der Waals surface area contributed by atoms with Gasteiger partial charge in [0.1, 0.15) is 23.2 Å². The third-order valence-corrected chi connectivity index (χ3v) is 10.9. The van der Waals surface area contributed by atoms with Crippen molar-refractivity contribution in [2.75, 3.05) is 43.1 Å². The number of alkyl halides is 1. The van der Waals surface area contributed by atoms with Crippen LogP contribution in [-0.2, 0) is 15.2 Å². The molecule has 3 saturated heterocycles. The maximum atomic E-state index is 15.7. The number of hydrogen-bond donors (Lipinski definition) is 2. The molecule has 0 bridgehead atoms. The van der Waals surface area contributed by atoms with Crippen LogP contribution in [0, 0.1) is 17.6 Å². The van der Waals surface area contributed by atoms with Gasteiger partial charge in [-0.2, -0.15) is 0 Å². The van der Waals surface area contributed by atoms with Crippen molar-refractivity contribution in [2.24, 2.45) is 5.92 Å². The molecule has 2 amide bonds. The van der Waals surface area contributed by atoms with Crippen LogP contribution in [0.4, 0.5) is 29.3 Å². The Bertz CT molecular complexity index is 1870. The molecule has 9 nitrogen and oxygen atoms in total. The molecule has 4 aromatic rings. The summed E-state index contributed by atoms with van der Waals surface area (Å²) in [6, 6.07) is 16.7. The predicted octanol–water partition coefficient (Wildman–Crippen LogP) is 7.69. The summed E-state index contributed by atoms with van der Waals surface area (Å²) in [4.78, 5) is 39.3. The quantitative estimate of drug-likeness (QED) is 0.196. The number of piperidine rings is 1. The molecule has 3 aromatic carbocycles. The highest BCUT2D eigenvalue weighted by atomic mass is 19.1. The third kappa shape index (κ3) is 6.72. The van der Waals surface area contributed by atoms with E-state index in [1.807, 2.05) is 55.1 Å². The van der Waals surface area contributed by atoms with Gasteiger partial charge in [-0.05, 0) is 67.0 Å². The molecule has 270 valence electrons. The molecule has 3 aliphatic heterocycles. The monoisotopic (exact) mass is 702 g/mol. The number of anilines is 2. The van der Waals surface area contributed by atoms with E-state index in [1.54, 1.807) is 21.9 Å². The van der Waals surface area contributed by atoms with Crippen LogP contribution in [-0.4, -0.2) is 66.2 Å². The fourth-order valence-electron chi connectivity index (χ4n) is 8.16. The van der Waals surface area contributed by atoms with Gasteiger partial charge in [-0.25, -0.2) is 22.9 Å². The zero-order valence-electron chi connectivity index (χ0n) is 29.3. The molecule has 51 heavy (non-hydrogen) atoms. The first-order valence-electron chi connectivity index (χ1n) is 18.0. The van der Waals surface area contributed by atoms with E-state index in [0.717, 1.165) is 42.3 Å². The second-order valence-corrected chi connectivity index (χ2v) is 14.4. The molecule has 2 N–H and O–H groups in total. The van der Waals surface area contributed by atoms with Crippen LogP contribution in [0.1, 0.15) is 81.4 Å². The minimum Gasteiger partial charge on any atom is -0.453 e. The summed E-state index contributed by atoms with van der Waals surface area (Å²) in [6.07, 6.45) is 2.90. The van der Waals surface area contributed by atoms with Gasteiger partial charge in [0, 0.05) is 44.7 Å². The van der Waals surface area contributed by atoms with E-state index >= 15 is 13.2 Å². The number of nitrogens with one attached hydrogen (secondary N) is 2. The highest BCUT2D eigenvalue weighted by Crippen LogP contribution is 2.42. The standard InChI is InChI=1S/C39H45F3N6O3/c1-24(2)34(45-38(50)51-3)37(49)48-18-8-12-33(48)36-43-30-14-13-25(21-31(30)44-36)32-11-7-17-47(32)27-22-28(40)35(29(41)23-27)46-19-15-39(42,16-20-46)26-9-5-4-6-10-26/h4-6,9-10,13-14,21-24,32-34H,7-8,11-12,15-20H2,1-3H3,(H,43,44)(H,45,50)/t32-,33+,34?/m1/s1. The molecule has 0 aliphatic carbocycles. The van der Waals surface area contributed by atoms with Crippen LogP contribution in [0.3, 0.4) is 0 Å². The Morgan fingerprint density at radius 1 is 0.941 bits per heavy atom. The Kier molecular flexibility index (Phi) is 9.60. The summed E-state index contributed by atoms with van der Waals surface area (Å²) in [5, 5.41) is 2.68. The minimum absolute atomic E-state index is 0.0976. The van der Waals surface area contributed by atoms with Gasteiger partial charge in [0.25, 0.3) is 0 Å². The number of nitrogens with zero attached hydrogens (tertiary/aromatic N) is 4. The van der Waals surface area contributed by atoms with E-state index < -0.39 is 29.4 Å². The number of halogens is 3. The zero-order valence-corrected chi connectivity index (χ0v) is 29.3. The molecule has 0 radical (unpaired) electrons. The van der Waals surface area contributed by atoms with Gasteiger partial charge >= 0.3 is 6.09 Å². The number of aromatic amines is 1. The Balaban J connectivity index is 1.08. The molecular formula is C39H45F3N6O3. The molecule has 12 heteroatoms. The van der Waals surface area contributed by atoms with E-state index in [0.29, 0.717) is 30.2 Å². The molecule has 3 aliphatic rings. The average molecular weight is 703 g/mol. The van der Waals surface area contributed by atoms with Crippen LogP contribution in [0.15, 0.2) is 60.7 Å². The molecule has 0 saturated carbocycles. The highest BCUT2D eigenvalue weighted by Gasteiger charge is 2.39. The summed E-state index contributed by atoms with van der Waals surface area (Å²) in [5.41, 5.74) is 2.04. The number of imidazole rings is 1. The van der Waals surface area contributed by atoms with Crippen LogP contribution in [0.5, 0.6) is 0 Å². The van der Waals surface area contributed by atoms with Gasteiger partial charge in [-0.15, -0.1) is 0 Å². The summed E-state index contributed by atoms with van der Waals surface area (Å²) < 4.78 is 52.0. The first kappa shape index (κ1) is 34.7. The molecule has 1 unspecified atom stereocenters. The molecule has 1 aromatic heterocycles. The van der Waals surface area contributed by atoms with Crippen molar-refractivity contribution in [1.82, 2.24) is 20.2 Å². The van der Waals surface area contributed by atoms with Crippen LogP contribution >= 0.6 is 0 Å². The Labute approximate surface area is 296 Å². The third-order valence-electron chi connectivity index (χ3n) is 10.9. The van der Waals surface area contributed by atoms with Crippen molar-refractivity contribution >= 4 is 34.4 Å². The van der Waals surface area contributed by atoms with Crippen molar-refractivity contribution in [3.05, 3.63) is 89.2 Å². The predicted molar refractivity (Wildman–Crippen MR) is 190 cm³/mol. The summed E-state index contributed by atoms with van der Waals surface area (Å²) in [7, 11) is 1.27. The second kappa shape index (κ2) is 14.1. The fraction of sp³-hybridized carbons (Fsp3) is 0.462. The fourth-order valence-corrected chi connectivity index (χ4v) is 8.16. The molecule has 0 spiro atoms. The number of alkyl carbamates (subject to hydrolysis) is 1. The number of amides is 2. The number of likely N-dealkylation sites (tertiary alicyclic amines) is 1. The number of carbonyl (C=O) groups is 2. The Morgan fingerprint density at radius 2 is 1.63 bits per heavy atom. The van der Waals surface area contributed by atoms with Gasteiger partial charge in [0.15, 0.2) is 11.6 Å². The first-order chi connectivity index (χ1) is 24.6. The number of H-pyrrole nitrogens is 1. The average Bonchev–Trinajstić information content (AvgIpc) is 3.90. The largest absolute Gasteiger partial charge is 0.453 e. The number of carbonyl (C=O) groups excluding carboxylic acids is 2. The lowest BCUT2D eigenvalue weighted by Gasteiger charge is -2.38. The zero-order chi connectivity index (χ0) is 35.9. The number of benzene rings is 3. The molecule has 3 atom stereocenters. The lowest BCUT2D eigenvalue weighted by atomic mass is 9.86. The number of hydrogen-bond acceptors (Lipinski definition) is 6. The number of methoxy groups -OCH3 is 1. The minimum atomic E-state index is -1.52. The highest BCUT2D eigenvalue weighted by molar-refractivity contribution is 5.86. The SMILES string of the molecule is COC(=O)NC(C(=O)N1CCC[C@H]1c1nc2ccc([C@H]3CCCN3c3cc(F)c(N4CCC(F)(c5ccccc5)CC4)c(F)c3)cc2[nH]1)C(C)C. The molecule has 7 rings (SSSR count). The van der Waals surface area contributed by atoms with E-state index in [2.05, 4.69) is 10.3 Å². The normalized spacial score (nSPS) is 21.0. The number of rotatable bonds is 8. The summed E-state index contributed by atoms with van der Waals surface area (Å²) in [5.74, 6) is -0.915. The molecule has 4 heterocycles. The number of ether oxygens (including phenoxy) is 1. The van der Waals surface area contributed by atoms with Gasteiger partial charge < -0.3 is 29.7 Å². The number of fused-ring (bicyclic) bond motifs is 1. The van der Waals surface area contributed by atoms with Crippen LogP contribution in [0.25, 0.3) is 11.0 Å². The van der Waals surface area contributed by atoms with Crippen molar-refractivity contribution in [2.45, 2.75) is 76.2 Å². The summed E-state index contributed by atoms with van der Waals surface area (Å²) >= 11 is 0. The maximum absolute atomic E-state index is 15.7. The van der Waals surface area contributed by atoms with Crippen molar-refractivity contribution in [3.8, 4) is 0 Å². The smallest absolute Gasteiger partial charge is 0.407 e. The van der Waals surface area contributed by atoms with E-state index in [9.17, 15) is 9.59 Å². The molecule has 3 fully saturated rings. The van der Waals surface area contributed by atoms with Gasteiger partial charge in [-0.3, -0.25) is 4.79 Å². The Morgan fingerprint density at radius 3 is 2.31 bits per heavy atom. The second-order valence-electron chi connectivity index (χ2n) is 14.4. The van der Waals surface area contributed by atoms with Gasteiger partial charge in [-0.1, -0.05) is 50.2 Å². The van der Waals surface area contributed by atoms with E-state index in [-0.39, 0.29) is 55.5 Å². The summed E-state index contributed by atoms with van der Waals surface area (Å²) in [6.45, 7) is 5.40. The van der Waals surface area contributed by atoms with Crippen molar-refractivity contribution < 1.29 is 27.5 Å². The maximum Gasteiger partial charge on any atom is 0.407 e. The van der Waals surface area contributed by atoms with Gasteiger partial charge in [0.2, 0.25) is 5.91 Å². The van der Waals surface area contributed by atoms with E-state index in [1.165, 1.54) is 19.2 Å².